The highest BCUT2D eigenvalue weighted by Crippen LogP contribution is 2.45. The zero-order valence-electron chi connectivity index (χ0n) is 13.7. The molecule has 0 aliphatic carbocycles. The quantitative estimate of drug-likeness (QED) is 0.783. The summed E-state index contributed by atoms with van der Waals surface area (Å²) in [5.74, 6) is -1.94. The lowest BCUT2D eigenvalue weighted by Crippen LogP contribution is -2.30. The maximum atomic E-state index is 14.2. The maximum absolute atomic E-state index is 14.2. The lowest BCUT2D eigenvalue weighted by atomic mass is 10.1. The Bertz CT molecular complexity index is 863. The Morgan fingerprint density at radius 3 is 2.77 bits per heavy atom. The van der Waals surface area contributed by atoms with E-state index in [-0.39, 0.29) is 17.3 Å². The first-order valence-corrected chi connectivity index (χ1v) is 9.29. The smallest absolute Gasteiger partial charge is 0.242 e. The van der Waals surface area contributed by atoms with Crippen LogP contribution in [0.25, 0.3) is 0 Å². The van der Waals surface area contributed by atoms with E-state index >= 15 is 0 Å². The summed E-state index contributed by atoms with van der Waals surface area (Å²) in [5.41, 5.74) is 0.952. The molecule has 0 spiro atoms. The fourth-order valence-corrected chi connectivity index (χ4v) is 3.90. The summed E-state index contributed by atoms with van der Waals surface area (Å²) in [4.78, 5) is 25.5. The van der Waals surface area contributed by atoms with Crippen molar-refractivity contribution in [3.05, 3.63) is 59.7 Å². The van der Waals surface area contributed by atoms with Crippen molar-refractivity contribution in [2.24, 2.45) is 0 Å². The number of nitrogens with zero attached hydrogens (tertiary/aromatic N) is 1. The molecule has 1 aliphatic rings. The number of carbonyl (C=O) groups excluding carboxylic acids is 2. The van der Waals surface area contributed by atoms with E-state index in [1.807, 2.05) is 0 Å². The van der Waals surface area contributed by atoms with Gasteiger partial charge in [0, 0.05) is 17.3 Å². The second-order valence-corrected chi connectivity index (χ2v) is 7.44. The summed E-state index contributed by atoms with van der Waals surface area (Å²) in [5, 5.41) is 1.38. The highest BCUT2D eigenvalue weighted by molar-refractivity contribution is 8.00. The first-order valence-electron chi connectivity index (χ1n) is 7.81. The second kappa shape index (κ2) is 7.63. The van der Waals surface area contributed by atoms with Crippen LogP contribution in [0.15, 0.2) is 42.5 Å². The zero-order chi connectivity index (χ0) is 18.8. The van der Waals surface area contributed by atoms with Gasteiger partial charge >= 0.3 is 0 Å². The van der Waals surface area contributed by atoms with Gasteiger partial charge in [-0.15, -0.1) is 23.4 Å². The lowest BCUT2D eigenvalue weighted by molar-refractivity contribution is -0.116. The van der Waals surface area contributed by atoms with Gasteiger partial charge in [0.05, 0.1) is 11.4 Å². The van der Waals surface area contributed by atoms with Crippen LogP contribution in [0.2, 0.25) is 0 Å². The van der Waals surface area contributed by atoms with Crippen molar-refractivity contribution in [1.29, 1.82) is 0 Å². The van der Waals surface area contributed by atoms with Gasteiger partial charge in [-0.25, -0.2) is 8.78 Å². The van der Waals surface area contributed by atoms with Crippen molar-refractivity contribution < 1.29 is 18.4 Å². The number of hydrogen-bond donors (Lipinski definition) is 1. The monoisotopic (exact) mass is 396 g/mol. The van der Waals surface area contributed by atoms with E-state index in [1.165, 1.54) is 16.7 Å². The van der Waals surface area contributed by atoms with Crippen LogP contribution < -0.4 is 10.2 Å². The Hall–Kier alpha value is -2.12. The van der Waals surface area contributed by atoms with Gasteiger partial charge < -0.3 is 5.32 Å². The maximum Gasteiger partial charge on any atom is 0.242 e. The van der Waals surface area contributed by atoms with Crippen molar-refractivity contribution in [2.75, 3.05) is 16.0 Å². The van der Waals surface area contributed by atoms with Crippen LogP contribution >= 0.6 is 23.4 Å². The summed E-state index contributed by atoms with van der Waals surface area (Å²) in [6.07, 6.45) is 0. The Morgan fingerprint density at radius 2 is 2.04 bits per heavy atom. The SMILES string of the molecule is CC(Cl)C(=O)Nc1ccccc1C1SCC(=O)N1c1cc(F)ccc1F. The minimum absolute atomic E-state index is 0.120. The van der Waals surface area contributed by atoms with Crippen molar-refractivity contribution in [3.63, 3.8) is 0 Å². The molecule has 2 unspecified atom stereocenters. The average Bonchev–Trinajstić information content (AvgIpc) is 2.98. The molecular formula is C18H15ClF2N2O2S. The number of thioether (sulfide) groups is 1. The van der Waals surface area contributed by atoms with Gasteiger partial charge in [-0.3, -0.25) is 14.5 Å². The largest absolute Gasteiger partial charge is 0.324 e. The van der Waals surface area contributed by atoms with E-state index in [4.69, 9.17) is 11.6 Å². The molecule has 0 saturated carbocycles. The van der Waals surface area contributed by atoms with Gasteiger partial charge in [0.1, 0.15) is 22.4 Å². The zero-order valence-corrected chi connectivity index (χ0v) is 15.3. The molecule has 136 valence electrons. The summed E-state index contributed by atoms with van der Waals surface area (Å²) >= 11 is 7.08. The summed E-state index contributed by atoms with van der Waals surface area (Å²) in [6, 6.07) is 9.86. The highest BCUT2D eigenvalue weighted by Gasteiger charge is 2.37. The van der Waals surface area contributed by atoms with Crippen molar-refractivity contribution >= 4 is 46.6 Å². The van der Waals surface area contributed by atoms with Crippen molar-refractivity contribution in [2.45, 2.75) is 17.7 Å². The van der Waals surface area contributed by atoms with Gasteiger partial charge in [-0.05, 0) is 25.1 Å². The standard InChI is InChI=1S/C18H15ClF2N2O2S/c1-10(19)17(25)22-14-5-3-2-4-12(14)18-23(16(24)9-26-18)15-8-11(20)6-7-13(15)21/h2-8,10,18H,9H2,1H3,(H,22,25). The molecule has 26 heavy (non-hydrogen) atoms. The predicted molar refractivity (Wildman–Crippen MR) is 99.4 cm³/mol. The molecule has 2 aromatic rings. The van der Waals surface area contributed by atoms with Crippen LogP contribution in [0.4, 0.5) is 20.2 Å². The minimum atomic E-state index is -0.738. The van der Waals surface area contributed by atoms with Crippen LogP contribution in [-0.2, 0) is 9.59 Å². The van der Waals surface area contributed by atoms with E-state index in [9.17, 15) is 18.4 Å². The van der Waals surface area contributed by atoms with Crippen LogP contribution in [0.5, 0.6) is 0 Å². The molecule has 1 N–H and O–H groups in total. The van der Waals surface area contributed by atoms with Crippen LogP contribution in [0, 0.1) is 11.6 Å². The topological polar surface area (TPSA) is 49.4 Å². The number of alkyl halides is 1. The normalized spacial score (nSPS) is 18.1. The number of hydrogen-bond acceptors (Lipinski definition) is 3. The molecule has 1 fully saturated rings. The Morgan fingerprint density at radius 1 is 1.31 bits per heavy atom. The molecule has 3 rings (SSSR count). The van der Waals surface area contributed by atoms with Crippen LogP contribution in [0.3, 0.4) is 0 Å². The molecular weight excluding hydrogens is 382 g/mol. The van der Waals surface area contributed by atoms with Crippen LogP contribution in [-0.4, -0.2) is 22.9 Å². The lowest BCUT2D eigenvalue weighted by Gasteiger charge is -2.26. The first kappa shape index (κ1) is 18.7. The number of halogens is 3. The fourth-order valence-electron chi connectivity index (χ4n) is 2.64. The molecule has 0 radical (unpaired) electrons. The van der Waals surface area contributed by atoms with Crippen molar-refractivity contribution in [3.8, 4) is 0 Å². The highest BCUT2D eigenvalue weighted by atomic mass is 35.5. The number of rotatable bonds is 4. The number of anilines is 2. The molecule has 0 bridgehead atoms. The van der Waals surface area contributed by atoms with E-state index in [1.54, 1.807) is 31.2 Å². The van der Waals surface area contributed by atoms with Gasteiger partial charge in [-0.2, -0.15) is 0 Å². The molecule has 2 atom stereocenters. The number of para-hydroxylation sites is 1. The van der Waals surface area contributed by atoms with E-state index in [0.29, 0.717) is 11.3 Å². The predicted octanol–water partition coefficient (Wildman–Crippen LogP) is 4.31. The minimum Gasteiger partial charge on any atom is -0.324 e. The van der Waals surface area contributed by atoms with E-state index in [2.05, 4.69) is 5.32 Å². The second-order valence-electron chi connectivity index (χ2n) is 5.72. The van der Waals surface area contributed by atoms with Gasteiger partial charge in [-0.1, -0.05) is 18.2 Å². The molecule has 2 amide bonds. The molecule has 1 aliphatic heterocycles. The molecule has 2 aromatic carbocycles. The molecule has 0 aromatic heterocycles. The number of amides is 2. The molecule has 1 heterocycles. The van der Waals surface area contributed by atoms with E-state index in [0.717, 1.165) is 18.2 Å². The third-order valence-corrected chi connectivity index (χ3v) is 5.27. The third-order valence-electron chi connectivity index (χ3n) is 3.88. The molecule has 1 saturated heterocycles. The number of carbonyl (C=O) groups is 2. The summed E-state index contributed by atoms with van der Waals surface area (Å²) in [7, 11) is 0. The molecule has 4 nitrogen and oxygen atoms in total. The Kier molecular flexibility index (Phi) is 5.48. The van der Waals surface area contributed by atoms with Crippen LogP contribution in [0.1, 0.15) is 17.9 Å². The fraction of sp³-hybridized carbons (Fsp3) is 0.222. The number of benzene rings is 2. The third kappa shape index (κ3) is 3.68. The molecule has 8 heteroatoms. The van der Waals surface area contributed by atoms with Crippen molar-refractivity contribution in [1.82, 2.24) is 0 Å². The Labute approximate surface area is 158 Å². The van der Waals surface area contributed by atoms with E-state index < -0.39 is 28.3 Å². The Balaban J connectivity index is 2.02. The van der Waals surface area contributed by atoms with Gasteiger partial charge in [0.2, 0.25) is 11.8 Å². The first-order chi connectivity index (χ1) is 12.4. The van der Waals surface area contributed by atoms with Gasteiger partial charge in [0.25, 0.3) is 0 Å². The summed E-state index contributed by atoms with van der Waals surface area (Å²) in [6.45, 7) is 1.54. The van der Waals surface area contributed by atoms with Gasteiger partial charge in [0.15, 0.2) is 0 Å². The summed E-state index contributed by atoms with van der Waals surface area (Å²) < 4.78 is 27.9. The average molecular weight is 397 g/mol. The number of nitrogens with one attached hydrogen (secondary N) is 1.